The summed E-state index contributed by atoms with van der Waals surface area (Å²) in [5, 5.41) is 3.80. The van der Waals surface area contributed by atoms with Crippen LogP contribution in [0.5, 0.6) is 0 Å². The molecule has 1 heterocycles. The van der Waals surface area contributed by atoms with Gasteiger partial charge in [-0.3, -0.25) is 19.3 Å². The van der Waals surface area contributed by atoms with Gasteiger partial charge in [0, 0.05) is 61.7 Å². The van der Waals surface area contributed by atoms with Crippen LogP contribution in [-0.4, -0.2) is 79.0 Å². The number of ether oxygens (including phenoxy) is 1. The van der Waals surface area contributed by atoms with Gasteiger partial charge in [-0.25, -0.2) is 0 Å². The van der Waals surface area contributed by atoms with Gasteiger partial charge in [0.25, 0.3) is 0 Å². The lowest BCUT2D eigenvalue weighted by atomic mass is 9.83. The van der Waals surface area contributed by atoms with Crippen molar-refractivity contribution in [2.45, 2.75) is 57.5 Å². The smallest absolute Gasteiger partial charge is 0.310 e. The minimum Gasteiger partial charge on any atom is -0.466 e. The number of piperazine rings is 1. The minimum atomic E-state index is -0.749. The fourth-order valence-electron chi connectivity index (χ4n) is 5.07. The number of carbonyl (C=O) groups excluding carboxylic acids is 3. The molecular formula is C25H36Cl2N4O4. The first-order valence-corrected chi connectivity index (χ1v) is 13.2. The summed E-state index contributed by atoms with van der Waals surface area (Å²) in [6, 6.07) is 4.52. The largest absolute Gasteiger partial charge is 0.466 e. The third-order valence-electron chi connectivity index (χ3n) is 6.86. The molecule has 1 aliphatic carbocycles. The Morgan fingerprint density at radius 1 is 1.14 bits per heavy atom. The van der Waals surface area contributed by atoms with Gasteiger partial charge >= 0.3 is 5.97 Å². The molecule has 0 bridgehead atoms. The predicted octanol–water partition coefficient (Wildman–Crippen LogP) is 2.64. The van der Waals surface area contributed by atoms with Crippen molar-refractivity contribution in [3.05, 3.63) is 33.8 Å². The van der Waals surface area contributed by atoms with Gasteiger partial charge in [0.1, 0.15) is 6.04 Å². The summed E-state index contributed by atoms with van der Waals surface area (Å²) in [5.74, 6) is -0.639. The zero-order valence-corrected chi connectivity index (χ0v) is 21.8. The summed E-state index contributed by atoms with van der Waals surface area (Å²) in [6.07, 6.45) is 4.35. The molecular weight excluding hydrogens is 491 g/mol. The summed E-state index contributed by atoms with van der Waals surface area (Å²) >= 11 is 12.4. The van der Waals surface area contributed by atoms with Crippen LogP contribution in [0.2, 0.25) is 10.0 Å². The number of nitrogens with two attached hydrogens (primary N) is 1. The van der Waals surface area contributed by atoms with Crippen LogP contribution in [0.3, 0.4) is 0 Å². The molecule has 1 aromatic carbocycles. The number of amides is 2. The minimum absolute atomic E-state index is 0.110. The van der Waals surface area contributed by atoms with E-state index in [9.17, 15) is 14.4 Å². The number of benzene rings is 1. The van der Waals surface area contributed by atoms with Gasteiger partial charge in [-0.1, -0.05) is 42.1 Å². The second-order valence-electron chi connectivity index (χ2n) is 9.17. The average molecular weight is 527 g/mol. The standard InChI is InChI=1S/C25H36Cl2N4O4/c1-2-35-25(34)19-5-3-4-6-22(19)30-11-13-31(14-12-30)24(33)21(29-23(32)9-10-28)15-17-7-8-18(26)16-20(17)27/h7-8,16,19,21-22H,2-6,9-15,28H2,1H3,(H,29,32)/t19?,21-,22?/m1/s1. The molecule has 0 aromatic heterocycles. The third kappa shape index (κ3) is 7.56. The van der Waals surface area contributed by atoms with Crippen molar-refractivity contribution >= 4 is 41.0 Å². The molecule has 1 aliphatic heterocycles. The molecule has 2 fully saturated rings. The van der Waals surface area contributed by atoms with E-state index < -0.39 is 6.04 Å². The lowest BCUT2D eigenvalue weighted by Gasteiger charge is -2.44. The number of rotatable bonds is 9. The maximum Gasteiger partial charge on any atom is 0.310 e. The second kappa shape index (κ2) is 13.4. The van der Waals surface area contributed by atoms with Gasteiger partial charge in [0.2, 0.25) is 11.8 Å². The van der Waals surface area contributed by atoms with Crippen molar-refractivity contribution in [1.29, 1.82) is 0 Å². The van der Waals surface area contributed by atoms with E-state index in [1.807, 2.05) is 6.92 Å². The lowest BCUT2D eigenvalue weighted by molar-refractivity contribution is -0.153. The van der Waals surface area contributed by atoms with Gasteiger partial charge in [-0.05, 0) is 37.5 Å². The van der Waals surface area contributed by atoms with Crippen molar-refractivity contribution in [1.82, 2.24) is 15.1 Å². The number of carbonyl (C=O) groups is 3. The zero-order valence-electron chi connectivity index (χ0n) is 20.3. The van der Waals surface area contributed by atoms with Gasteiger partial charge in [0.05, 0.1) is 12.5 Å². The molecule has 1 saturated heterocycles. The SMILES string of the molecule is CCOC(=O)C1CCCCC1N1CCN(C(=O)[C@@H](Cc2ccc(Cl)cc2Cl)NC(=O)CCN)CC1. The van der Waals surface area contributed by atoms with Crippen LogP contribution in [0.4, 0.5) is 0 Å². The Morgan fingerprint density at radius 2 is 1.86 bits per heavy atom. The quantitative estimate of drug-likeness (QED) is 0.479. The normalized spacial score (nSPS) is 21.9. The van der Waals surface area contributed by atoms with E-state index in [1.165, 1.54) is 0 Å². The molecule has 2 unspecified atom stereocenters. The number of hydrogen-bond donors (Lipinski definition) is 2. The fraction of sp³-hybridized carbons (Fsp3) is 0.640. The molecule has 1 aromatic rings. The molecule has 8 nitrogen and oxygen atoms in total. The number of nitrogens with zero attached hydrogens (tertiary/aromatic N) is 2. The Kier molecular flexibility index (Phi) is 10.6. The molecule has 3 N–H and O–H groups in total. The van der Waals surface area contributed by atoms with Gasteiger partial charge in [0.15, 0.2) is 0 Å². The van der Waals surface area contributed by atoms with Gasteiger partial charge < -0.3 is 20.7 Å². The first-order chi connectivity index (χ1) is 16.8. The van der Waals surface area contributed by atoms with E-state index in [4.69, 9.17) is 33.7 Å². The van der Waals surface area contributed by atoms with Gasteiger partial charge in [-0.2, -0.15) is 0 Å². The molecule has 10 heteroatoms. The van der Waals surface area contributed by atoms with Gasteiger partial charge in [-0.15, -0.1) is 0 Å². The van der Waals surface area contributed by atoms with Crippen LogP contribution in [0.15, 0.2) is 18.2 Å². The number of hydrogen-bond acceptors (Lipinski definition) is 6. The maximum absolute atomic E-state index is 13.5. The Hall–Kier alpha value is -1.87. The highest BCUT2D eigenvalue weighted by molar-refractivity contribution is 6.35. The van der Waals surface area contributed by atoms with E-state index in [0.717, 1.165) is 31.2 Å². The molecule has 0 radical (unpaired) electrons. The molecule has 194 valence electrons. The summed E-state index contributed by atoms with van der Waals surface area (Å²) < 4.78 is 5.33. The van der Waals surface area contributed by atoms with Crippen molar-refractivity contribution in [3.8, 4) is 0 Å². The van der Waals surface area contributed by atoms with E-state index in [0.29, 0.717) is 42.8 Å². The summed E-state index contributed by atoms with van der Waals surface area (Å²) in [5.41, 5.74) is 6.26. The molecule has 1 saturated carbocycles. The second-order valence-corrected chi connectivity index (χ2v) is 10.0. The third-order valence-corrected chi connectivity index (χ3v) is 7.44. The highest BCUT2D eigenvalue weighted by Gasteiger charge is 2.38. The average Bonchev–Trinajstić information content (AvgIpc) is 2.85. The van der Waals surface area contributed by atoms with Crippen LogP contribution in [0.1, 0.15) is 44.6 Å². The monoisotopic (exact) mass is 526 g/mol. The Balaban J connectivity index is 1.66. The summed E-state index contributed by atoms with van der Waals surface area (Å²) in [4.78, 5) is 42.4. The van der Waals surface area contributed by atoms with Crippen LogP contribution >= 0.6 is 23.2 Å². The van der Waals surface area contributed by atoms with E-state index >= 15 is 0 Å². The highest BCUT2D eigenvalue weighted by atomic mass is 35.5. The predicted molar refractivity (Wildman–Crippen MR) is 136 cm³/mol. The molecule has 2 aliphatic rings. The number of halogens is 2. The fourth-order valence-corrected chi connectivity index (χ4v) is 5.56. The van der Waals surface area contributed by atoms with E-state index in [1.54, 1.807) is 23.1 Å². The zero-order chi connectivity index (χ0) is 25.4. The van der Waals surface area contributed by atoms with Crippen molar-refractivity contribution in [2.24, 2.45) is 11.7 Å². The topological polar surface area (TPSA) is 105 Å². The van der Waals surface area contributed by atoms with Crippen LogP contribution in [0, 0.1) is 5.92 Å². The van der Waals surface area contributed by atoms with Crippen LogP contribution in [0.25, 0.3) is 0 Å². The highest BCUT2D eigenvalue weighted by Crippen LogP contribution is 2.30. The molecule has 3 atom stereocenters. The summed E-state index contributed by atoms with van der Waals surface area (Å²) in [7, 11) is 0. The Morgan fingerprint density at radius 3 is 2.51 bits per heavy atom. The van der Waals surface area contributed by atoms with Crippen LogP contribution < -0.4 is 11.1 Å². The van der Waals surface area contributed by atoms with E-state index in [-0.39, 0.29) is 49.1 Å². The van der Waals surface area contributed by atoms with Crippen molar-refractivity contribution in [2.75, 3.05) is 39.3 Å². The Labute approximate surface area is 217 Å². The molecule has 0 spiro atoms. The molecule has 35 heavy (non-hydrogen) atoms. The number of nitrogens with one attached hydrogen (secondary N) is 1. The Bertz CT molecular complexity index is 892. The van der Waals surface area contributed by atoms with Crippen molar-refractivity contribution in [3.63, 3.8) is 0 Å². The summed E-state index contributed by atoms with van der Waals surface area (Å²) in [6.45, 7) is 4.84. The maximum atomic E-state index is 13.5. The van der Waals surface area contributed by atoms with Crippen LogP contribution in [-0.2, 0) is 25.5 Å². The first kappa shape index (κ1) is 27.7. The number of esters is 1. The first-order valence-electron chi connectivity index (χ1n) is 12.5. The van der Waals surface area contributed by atoms with Crippen molar-refractivity contribution < 1.29 is 19.1 Å². The molecule has 3 rings (SSSR count). The lowest BCUT2D eigenvalue weighted by Crippen LogP contribution is -2.58. The molecule has 2 amide bonds. The van der Waals surface area contributed by atoms with E-state index in [2.05, 4.69) is 10.2 Å².